The number of hydrogen-bond acceptors (Lipinski definition) is 5. The van der Waals surface area contributed by atoms with E-state index in [4.69, 9.17) is 4.74 Å². The Hall–Kier alpha value is -3.72. The number of ether oxygens (including phenoxy) is 1. The van der Waals surface area contributed by atoms with Crippen LogP contribution in [0.5, 0.6) is 5.75 Å². The number of aromatic amines is 1. The average molecular weight is 400 g/mol. The van der Waals surface area contributed by atoms with Crippen LogP contribution in [0.25, 0.3) is 0 Å². The van der Waals surface area contributed by atoms with E-state index in [1.807, 2.05) is 36.4 Å². The second kappa shape index (κ2) is 9.19. The molecule has 1 aliphatic rings. The first-order chi connectivity index (χ1) is 14.7. The van der Waals surface area contributed by atoms with E-state index in [-0.39, 0.29) is 11.1 Å². The lowest BCUT2D eigenvalue weighted by Crippen LogP contribution is -2.29. The summed E-state index contributed by atoms with van der Waals surface area (Å²) in [6, 6.07) is 22.0. The van der Waals surface area contributed by atoms with E-state index in [0.717, 1.165) is 31.7 Å². The van der Waals surface area contributed by atoms with Crippen molar-refractivity contribution in [2.75, 3.05) is 36.5 Å². The summed E-state index contributed by atoms with van der Waals surface area (Å²) in [4.78, 5) is 17.4. The Bertz CT molecular complexity index is 1080. The van der Waals surface area contributed by atoms with Crippen LogP contribution in [0.2, 0.25) is 0 Å². The summed E-state index contributed by atoms with van der Waals surface area (Å²) in [5.74, 6) is 1.39. The highest BCUT2D eigenvalue weighted by atomic mass is 16.5. The average Bonchev–Trinajstić information content (AvgIpc) is 3.00. The van der Waals surface area contributed by atoms with Crippen LogP contribution in [0.3, 0.4) is 0 Å². The molecule has 0 amide bonds. The van der Waals surface area contributed by atoms with Gasteiger partial charge in [0.2, 0.25) is 0 Å². The van der Waals surface area contributed by atoms with Crippen LogP contribution in [0.4, 0.5) is 11.5 Å². The molecule has 0 radical (unpaired) electrons. The number of nitrogens with one attached hydrogen (secondary N) is 2. The normalized spacial score (nSPS) is 13.1. The molecule has 2 N–H and O–H groups in total. The third-order valence-electron chi connectivity index (χ3n) is 5.31. The summed E-state index contributed by atoms with van der Waals surface area (Å²) >= 11 is 0. The topological polar surface area (TPSA) is 81.2 Å². The second-order valence-corrected chi connectivity index (χ2v) is 7.23. The number of pyridine rings is 1. The van der Waals surface area contributed by atoms with Crippen LogP contribution in [0, 0.1) is 11.3 Å². The maximum Gasteiger partial charge on any atom is 0.269 e. The van der Waals surface area contributed by atoms with Crippen molar-refractivity contribution in [1.29, 1.82) is 5.26 Å². The van der Waals surface area contributed by atoms with E-state index in [1.54, 1.807) is 0 Å². The van der Waals surface area contributed by atoms with Crippen molar-refractivity contribution in [1.82, 2.24) is 4.98 Å². The van der Waals surface area contributed by atoms with Crippen molar-refractivity contribution in [2.24, 2.45) is 0 Å². The van der Waals surface area contributed by atoms with Gasteiger partial charge < -0.3 is 19.9 Å². The third kappa shape index (κ3) is 4.47. The molecule has 1 aliphatic heterocycles. The minimum atomic E-state index is -0.372. The first kappa shape index (κ1) is 19.6. The molecule has 0 spiro atoms. The Morgan fingerprint density at radius 3 is 2.37 bits per heavy atom. The molecule has 6 nitrogen and oxygen atoms in total. The van der Waals surface area contributed by atoms with Crippen molar-refractivity contribution in [3.05, 3.63) is 87.7 Å². The number of nitrogens with zero attached hydrogens (tertiary/aromatic N) is 2. The highest BCUT2D eigenvalue weighted by molar-refractivity contribution is 5.63. The molecule has 0 unspecified atom stereocenters. The molecule has 2 heterocycles. The molecule has 6 heteroatoms. The molecule has 4 rings (SSSR count). The molecule has 0 bridgehead atoms. The maximum atomic E-state index is 12.5. The molecule has 3 aromatic rings. The standard InChI is InChI=1S/C24H24N4O2/c25-17-21-22(28-13-10-18-6-4-5-7-19(18)11-14-28)16-23(27-24(21)29)26-12-15-30-20-8-2-1-3-9-20/h1-9,16H,10-15H2,(H2,26,27,29). The van der Waals surface area contributed by atoms with Gasteiger partial charge in [0.05, 0.1) is 12.2 Å². The van der Waals surface area contributed by atoms with Crippen LogP contribution in [0.15, 0.2) is 65.5 Å². The predicted octanol–water partition coefficient (Wildman–Crippen LogP) is 3.34. The third-order valence-corrected chi connectivity index (χ3v) is 5.31. The van der Waals surface area contributed by atoms with Crippen molar-refractivity contribution in [2.45, 2.75) is 12.8 Å². The van der Waals surface area contributed by atoms with Crippen molar-refractivity contribution >= 4 is 11.5 Å². The minimum Gasteiger partial charge on any atom is -0.492 e. The van der Waals surface area contributed by atoms with Gasteiger partial charge in [0.15, 0.2) is 0 Å². The van der Waals surface area contributed by atoms with Crippen LogP contribution in [-0.4, -0.2) is 31.2 Å². The number of aromatic nitrogens is 1. The van der Waals surface area contributed by atoms with Gasteiger partial charge in [-0.3, -0.25) is 4.79 Å². The summed E-state index contributed by atoms with van der Waals surface area (Å²) in [5.41, 5.74) is 3.13. The van der Waals surface area contributed by atoms with Gasteiger partial charge in [-0.1, -0.05) is 42.5 Å². The highest BCUT2D eigenvalue weighted by Gasteiger charge is 2.19. The zero-order valence-electron chi connectivity index (χ0n) is 16.7. The minimum absolute atomic E-state index is 0.159. The molecule has 1 aromatic heterocycles. The molecular weight excluding hydrogens is 376 g/mol. The number of benzene rings is 2. The van der Waals surface area contributed by atoms with Gasteiger partial charge in [-0.15, -0.1) is 0 Å². The van der Waals surface area contributed by atoms with E-state index < -0.39 is 0 Å². The van der Waals surface area contributed by atoms with E-state index in [2.05, 4.69) is 45.5 Å². The van der Waals surface area contributed by atoms with E-state index in [1.165, 1.54) is 11.1 Å². The van der Waals surface area contributed by atoms with Gasteiger partial charge >= 0.3 is 0 Å². The molecule has 2 aromatic carbocycles. The predicted molar refractivity (Wildman–Crippen MR) is 118 cm³/mol. The Balaban J connectivity index is 1.47. The number of H-pyrrole nitrogens is 1. The van der Waals surface area contributed by atoms with Crippen molar-refractivity contribution < 1.29 is 4.74 Å². The maximum absolute atomic E-state index is 12.5. The smallest absolute Gasteiger partial charge is 0.269 e. The molecule has 0 atom stereocenters. The van der Waals surface area contributed by atoms with Crippen LogP contribution >= 0.6 is 0 Å². The zero-order valence-corrected chi connectivity index (χ0v) is 16.7. The lowest BCUT2D eigenvalue weighted by molar-refractivity contribution is 0.333. The number of hydrogen-bond donors (Lipinski definition) is 2. The Morgan fingerprint density at radius 2 is 1.70 bits per heavy atom. The molecule has 30 heavy (non-hydrogen) atoms. The fourth-order valence-electron chi connectivity index (χ4n) is 3.78. The van der Waals surface area contributed by atoms with Crippen LogP contribution in [-0.2, 0) is 12.8 Å². The first-order valence-corrected chi connectivity index (χ1v) is 10.2. The Kier molecular flexibility index (Phi) is 6.00. The number of anilines is 2. The summed E-state index contributed by atoms with van der Waals surface area (Å²) in [7, 11) is 0. The summed E-state index contributed by atoms with van der Waals surface area (Å²) in [6.07, 6.45) is 1.78. The lowest BCUT2D eigenvalue weighted by atomic mass is 10.0. The Labute approximate surface area is 175 Å². The lowest BCUT2D eigenvalue weighted by Gasteiger charge is -2.24. The van der Waals surface area contributed by atoms with Gasteiger partial charge in [-0.25, -0.2) is 0 Å². The largest absolute Gasteiger partial charge is 0.492 e. The number of fused-ring (bicyclic) bond motifs is 1. The number of para-hydroxylation sites is 1. The summed E-state index contributed by atoms with van der Waals surface area (Å²) in [5, 5.41) is 12.8. The van der Waals surface area contributed by atoms with E-state index >= 15 is 0 Å². The fraction of sp³-hybridized carbons (Fsp3) is 0.250. The molecular formula is C24H24N4O2. The van der Waals surface area contributed by atoms with Gasteiger partial charge in [-0.2, -0.15) is 5.26 Å². The fourth-order valence-corrected chi connectivity index (χ4v) is 3.78. The quantitative estimate of drug-likeness (QED) is 0.620. The molecule has 0 fully saturated rings. The SMILES string of the molecule is N#Cc1c(N2CCc3ccccc3CC2)cc(NCCOc2ccccc2)[nH]c1=O. The van der Waals surface area contributed by atoms with Gasteiger partial charge in [0.25, 0.3) is 5.56 Å². The zero-order chi connectivity index (χ0) is 20.8. The van der Waals surface area contributed by atoms with Crippen molar-refractivity contribution in [3.8, 4) is 11.8 Å². The highest BCUT2D eigenvalue weighted by Crippen LogP contribution is 2.24. The number of nitriles is 1. The second-order valence-electron chi connectivity index (χ2n) is 7.23. The van der Waals surface area contributed by atoms with Gasteiger partial charge in [0.1, 0.15) is 29.8 Å². The number of rotatable bonds is 6. The Morgan fingerprint density at radius 1 is 1.03 bits per heavy atom. The monoisotopic (exact) mass is 400 g/mol. The van der Waals surface area contributed by atoms with E-state index in [0.29, 0.717) is 24.7 Å². The van der Waals surface area contributed by atoms with Gasteiger partial charge in [0, 0.05) is 19.2 Å². The molecule has 0 saturated heterocycles. The van der Waals surface area contributed by atoms with Crippen LogP contribution < -0.4 is 20.5 Å². The molecule has 0 aliphatic carbocycles. The molecule has 0 saturated carbocycles. The van der Waals surface area contributed by atoms with Gasteiger partial charge in [-0.05, 0) is 36.1 Å². The molecule has 152 valence electrons. The van der Waals surface area contributed by atoms with E-state index in [9.17, 15) is 10.1 Å². The van der Waals surface area contributed by atoms with Crippen molar-refractivity contribution in [3.63, 3.8) is 0 Å². The summed E-state index contributed by atoms with van der Waals surface area (Å²) in [6.45, 7) is 2.53. The van der Waals surface area contributed by atoms with Crippen LogP contribution in [0.1, 0.15) is 16.7 Å². The summed E-state index contributed by atoms with van der Waals surface area (Å²) < 4.78 is 5.68. The first-order valence-electron chi connectivity index (χ1n) is 10.2.